The lowest BCUT2D eigenvalue weighted by atomic mass is 10.1. The van der Waals surface area contributed by atoms with Gasteiger partial charge in [0.15, 0.2) is 0 Å². The molecule has 2 atom stereocenters. The molecule has 0 unspecified atom stereocenters. The third-order valence-electron chi connectivity index (χ3n) is 1.98. The highest BCUT2D eigenvalue weighted by atomic mass is 16.5. The Hall–Kier alpha value is -0.160. The Morgan fingerprint density at radius 2 is 2.20 bits per heavy atom. The zero-order valence-electron chi connectivity index (χ0n) is 5.88. The Morgan fingerprint density at radius 1 is 1.50 bits per heavy atom. The summed E-state index contributed by atoms with van der Waals surface area (Å²) in [6.07, 6.45) is 2.93. The van der Waals surface area contributed by atoms with Crippen molar-refractivity contribution in [1.82, 2.24) is 5.48 Å². The van der Waals surface area contributed by atoms with Gasteiger partial charge in [-0.1, -0.05) is 0 Å². The van der Waals surface area contributed by atoms with Crippen molar-refractivity contribution < 1.29 is 17.2 Å². The third-order valence-corrected chi connectivity index (χ3v) is 1.98. The van der Waals surface area contributed by atoms with E-state index in [1.807, 2.05) is 0 Å². The van der Waals surface area contributed by atoms with Crippen LogP contribution >= 0.6 is 0 Å². The van der Waals surface area contributed by atoms with Crippen LogP contribution in [0.5, 0.6) is 0 Å². The highest BCUT2D eigenvalue weighted by Gasteiger charge is 2.22. The molecule has 5 N–H and O–H groups in total. The van der Waals surface area contributed by atoms with Gasteiger partial charge in [0.1, 0.15) is 0 Å². The predicted molar refractivity (Wildman–Crippen MR) is 38.9 cm³/mol. The maximum Gasteiger partial charge on any atom is 0.0459 e. The lowest BCUT2D eigenvalue weighted by Crippen LogP contribution is -2.22. The van der Waals surface area contributed by atoms with Gasteiger partial charge in [-0.25, -0.2) is 5.48 Å². The van der Waals surface area contributed by atoms with Gasteiger partial charge in [-0.2, -0.15) is 0 Å². The van der Waals surface area contributed by atoms with E-state index in [1.54, 1.807) is 0 Å². The Kier molecular flexibility index (Phi) is 4.55. The van der Waals surface area contributed by atoms with E-state index in [-0.39, 0.29) is 19.6 Å². The minimum atomic E-state index is 0. The van der Waals surface area contributed by atoms with Crippen molar-refractivity contribution in [1.29, 1.82) is 0 Å². The molecule has 0 saturated heterocycles. The normalized spacial score (nSPS) is 31.8. The van der Waals surface area contributed by atoms with Gasteiger partial charge in [-0.3, -0.25) is 0 Å². The molecule has 0 aromatic carbocycles. The Labute approximate surface area is 61.6 Å². The maximum atomic E-state index is 8.67. The smallest absolute Gasteiger partial charge is 0.0459 e. The van der Waals surface area contributed by atoms with Crippen LogP contribution in [0.2, 0.25) is 0 Å². The van der Waals surface area contributed by atoms with Gasteiger partial charge >= 0.3 is 0 Å². The van der Waals surface area contributed by atoms with Crippen molar-refractivity contribution in [3.63, 3.8) is 0 Å². The van der Waals surface area contributed by atoms with Crippen LogP contribution in [0.15, 0.2) is 0 Å². The third kappa shape index (κ3) is 2.22. The molecule has 0 heterocycles. The van der Waals surface area contributed by atoms with Crippen LogP contribution in [0.25, 0.3) is 0 Å². The van der Waals surface area contributed by atoms with Crippen LogP contribution < -0.4 is 5.48 Å². The summed E-state index contributed by atoms with van der Waals surface area (Å²) in [6.45, 7) is 0.262. The minimum absolute atomic E-state index is 0. The van der Waals surface area contributed by atoms with Gasteiger partial charge in [0.05, 0.1) is 0 Å². The topological polar surface area (TPSA) is 84.0 Å². The van der Waals surface area contributed by atoms with Crippen LogP contribution in [0, 0.1) is 5.92 Å². The lowest BCUT2D eigenvalue weighted by molar-refractivity contribution is 0.123. The van der Waals surface area contributed by atoms with Gasteiger partial charge in [0.2, 0.25) is 0 Å². The van der Waals surface area contributed by atoms with E-state index in [0.717, 1.165) is 19.3 Å². The average molecular weight is 151 g/mol. The Morgan fingerprint density at radius 3 is 2.50 bits per heavy atom. The summed E-state index contributed by atoms with van der Waals surface area (Å²) < 4.78 is 0. The lowest BCUT2D eigenvalue weighted by Gasteiger charge is -2.05. The first-order valence-corrected chi connectivity index (χ1v) is 3.37. The van der Waals surface area contributed by atoms with Gasteiger partial charge in [-0.05, 0) is 25.2 Å². The zero-order chi connectivity index (χ0) is 6.69. The molecule has 0 spiro atoms. The molecule has 0 amide bonds. The van der Waals surface area contributed by atoms with Crippen molar-refractivity contribution in [2.45, 2.75) is 25.3 Å². The van der Waals surface area contributed by atoms with Crippen LogP contribution in [0.4, 0.5) is 0 Å². The molecule has 1 saturated carbocycles. The molecular formula is C6H17NO3. The molecule has 4 nitrogen and oxygen atoms in total. The molecule has 0 aromatic rings. The molecule has 10 heavy (non-hydrogen) atoms. The fourth-order valence-electron chi connectivity index (χ4n) is 1.36. The summed E-state index contributed by atoms with van der Waals surface area (Å²) in [5, 5.41) is 17.1. The molecule has 0 aromatic heterocycles. The van der Waals surface area contributed by atoms with Gasteiger partial charge in [0, 0.05) is 14.1 Å². The summed E-state index contributed by atoms with van der Waals surface area (Å²) in [7, 11) is 0. The molecule has 0 bridgehead atoms. The van der Waals surface area contributed by atoms with Crippen molar-refractivity contribution >= 4 is 0 Å². The molecule has 64 valence electrons. The second kappa shape index (κ2) is 4.62. The number of hydrogen-bond donors (Lipinski definition) is 3. The largest absolute Gasteiger partial charge is 0.412 e. The molecule has 4 heteroatoms. The van der Waals surface area contributed by atoms with E-state index in [9.17, 15) is 0 Å². The van der Waals surface area contributed by atoms with Gasteiger partial charge in [0.25, 0.3) is 0 Å². The van der Waals surface area contributed by atoms with E-state index >= 15 is 0 Å². The molecule has 1 aliphatic rings. The van der Waals surface area contributed by atoms with Crippen molar-refractivity contribution in [2.24, 2.45) is 5.92 Å². The molecule has 1 fully saturated rings. The second-order valence-electron chi connectivity index (χ2n) is 2.69. The fraction of sp³-hybridized carbons (Fsp3) is 1.00. The number of aliphatic hydroxyl groups is 1. The predicted octanol–water partition coefficient (Wildman–Crippen LogP) is -0.453. The first kappa shape index (κ1) is 9.84. The zero-order valence-corrected chi connectivity index (χ0v) is 5.88. The average Bonchev–Trinajstić information content (AvgIpc) is 2.34. The first-order valence-electron chi connectivity index (χ1n) is 3.37. The maximum absolute atomic E-state index is 8.67. The van der Waals surface area contributed by atoms with Gasteiger partial charge in [-0.15, -0.1) is 0 Å². The van der Waals surface area contributed by atoms with Crippen LogP contribution in [0.3, 0.4) is 0 Å². The molecule has 0 aliphatic heterocycles. The molecule has 0 radical (unpaired) electrons. The van der Waals surface area contributed by atoms with E-state index in [1.165, 1.54) is 0 Å². The second-order valence-corrected chi connectivity index (χ2v) is 2.69. The summed E-state index contributed by atoms with van der Waals surface area (Å²) >= 11 is 0. The highest BCUT2D eigenvalue weighted by Crippen LogP contribution is 2.24. The highest BCUT2D eigenvalue weighted by molar-refractivity contribution is 4.77. The SMILES string of the molecule is O.OC[C@@H]1CC[C@@H](NO)C1.[HH]. The first-order chi connectivity index (χ1) is 4.36. The fourth-order valence-corrected chi connectivity index (χ4v) is 1.36. The quantitative estimate of drug-likeness (QED) is 0.467. The van der Waals surface area contributed by atoms with Gasteiger partial charge < -0.3 is 15.8 Å². The van der Waals surface area contributed by atoms with E-state index in [2.05, 4.69) is 5.48 Å². The van der Waals surface area contributed by atoms with Crippen LogP contribution in [0.1, 0.15) is 20.7 Å². The molecule has 1 aliphatic carbocycles. The minimum Gasteiger partial charge on any atom is -0.412 e. The van der Waals surface area contributed by atoms with Crippen molar-refractivity contribution in [3.05, 3.63) is 0 Å². The Bertz CT molecular complexity index is 83.9. The number of hydroxylamine groups is 1. The number of rotatable bonds is 2. The van der Waals surface area contributed by atoms with E-state index in [0.29, 0.717) is 5.92 Å². The summed E-state index contributed by atoms with van der Waals surface area (Å²) in [5.41, 5.74) is 2.22. The summed E-state index contributed by atoms with van der Waals surface area (Å²) in [4.78, 5) is 0. The summed E-state index contributed by atoms with van der Waals surface area (Å²) in [6, 6.07) is 0.224. The molecule has 1 rings (SSSR count). The Balaban J connectivity index is 0. The summed E-state index contributed by atoms with van der Waals surface area (Å²) in [5.74, 6) is 0.412. The number of nitrogens with one attached hydrogen (secondary N) is 1. The monoisotopic (exact) mass is 151 g/mol. The number of aliphatic hydroxyl groups excluding tert-OH is 1. The van der Waals surface area contributed by atoms with Crippen LogP contribution in [-0.2, 0) is 0 Å². The van der Waals surface area contributed by atoms with Crippen molar-refractivity contribution in [2.75, 3.05) is 6.61 Å². The molecular weight excluding hydrogens is 134 g/mol. The van der Waals surface area contributed by atoms with E-state index in [4.69, 9.17) is 10.3 Å². The standard InChI is InChI=1S/C6H13NO2.H2O.H2/c8-4-5-1-2-6(3-5)7-9;;/h5-9H,1-4H2;1H2;1H/t5-,6-;;/m1../s1. The van der Waals surface area contributed by atoms with Crippen LogP contribution in [-0.4, -0.2) is 28.4 Å². The van der Waals surface area contributed by atoms with E-state index < -0.39 is 0 Å². The van der Waals surface area contributed by atoms with Crippen molar-refractivity contribution in [3.8, 4) is 0 Å². The number of hydrogen-bond acceptors (Lipinski definition) is 3.